The molecule has 5 nitrogen and oxygen atoms in total. The van der Waals surface area contributed by atoms with Gasteiger partial charge in [-0.2, -0.15) is 0 Å². The van der Waals surface area contributed by atoms with Crippen molar-refractivity contribution in [3.05, 3.63) is 65.9 Å². The first-order valence-corrected chi connectivity index (χ1v) is 8.08. The van der Waals surface area contributed by atoms with E-state index in [9.17, 15) is 0 Å². The first-order chi connectivity index (χ1) is 11.3. The minimum Gasteiger partial charge on any atom is -0.314 e. The molecule has 4 heterocycles. The fraction of sp³-hybridized carbons (Fsp3) is 0.333. The topological polar surface area (TPSA) is 45.5 Å². The van der Waals surface area contributed by atoms with E-state index >= 15 is 0 Å². The highest BCUT2D eigenvalue weighted by atomic mass is 35.5. The molecule has 0 saturated carbocycles. The van der Waals surface area contributed by atoms with E-state index in [1.54, 1.807) is 0 Å². The van der Waals surface area contributed by atoms with Crippen molar-refractivity contribution in [2.45, 2.75) is 19.5 Å². The molecular formula is C18H22ClN5. The van der Waals surface area contributed by atoms with Gasteiger partial charge in [-0.15, -0.1) is 12.4 Å². The standard InChI is InChI=1S/C18H21N5.ClH/c1-14-4-7-23-16(11-21-18(23)9-14)13-22-8-6-20-12-17(22)15-3-2-5-19-10-15;/h2-5,7,9-11,17,20H,6,8,12-13H2,1H3;1H. The summed E-state index contributed by atoms with van der Waals surface area (Å²) in [6, 6.07) is 8.79. The second-order valence-corrected chi connectivity index (χ2v) is 6.16. The van der Waals surface area contributed by atoms with Crippen molar-refractivity contribution in [2.24, 2.45) is 0 Å². The van der Waals surface area contributed by atoms with Crippen LogP contribution in [0.2, 0.25) is 0 Å². The molecule has 3 aromatic heterocycles. The number of hydrogen-bond donors (Lipinski definition) is 1. The Labute approximate surface area is 148 Å². The van der Waals surface area contributed by atoms with Crippen molar-refractivity contribution >= 4 is 18.1 Å². The number of nitrogens with zero attached hydrogens (tertiary/aromatic N) is 4. The fourth-order valence-electron chi connectivity index (χ4n) is 3.30. The van der Waals surface area contributed by atoms with Crippen LogP contribution in [0.4, 0.5) is 0 Å². The maximum atomic E-state index is 4.55. The molecular weight excluding hydrogens is 322 g/mol. The molecule has 1 aliphatic heterocycles. The Bertz CT molecular complexity index is 802. The summed E-state index contributed by atoms with van der Waals surface area (Å²) in [4.78, 5) is 11.3. The zero-order valence-corrected chi connectivity index (χ0v) is 14.5. The Morgan fingerprint density at radius 1 is 1.29 bits per heavy atom. The molecule has 24 heavy (non-hydrogen) atoms. The summed E-state index contributed by atoms with van der Waals surface area (Å²) in [5.74, 6) is 0. The maximum absolute atomic E-state index is 4.55. The Kier molecular flexibility index (Phi) is 5.14. The Morgan fingerprint density at radius 2 is 2.21 bits per heavy atom. The van der Waals surface area contributed by atoms with Gasteiger partial charge in [-0.1, -0.05) is 6.07 Å². The molecule has 1 N–H and O–H groups in total. The van der Waals surface area contributed by atoms with Crippen LogP contribution in [-0.2, 0) is 6.54 Å². The molecule has 1 fully saturated rings. The number of rotatable bonds is 3. The van der Waals surface area contributed by atoms with Gasteiger partial charge in [0.05, 0.1) is 11.9 Å². The van der Waals surface area contributed by atoms with Crippen LogP contribution in [0.25, 0.3) is 5.65 Å². The average Bonchev–Trinajstić information content (AvgIpc) is 2.98. The SMILES string of the molecule is Cc1ccn2c(CN3CCNCC3c3cccnc3)cnc2c1.Cl. The lowest BCUT2D eigenvalue weighted by Gasteiger charge is -2.36. The van der Waals surface area contributed by atoms with Crippen LogP contribution < -0.4 is 5.32 Å². The Hall–Kier alpha value is -1.95. The average molecular weight is 344 g/mol. The third kappa shape index (κ3) is 3.29. The van der Waals surface area contributed by atoms with Crippen molar-refractivity contribution in [2.75, 3.05) is 19.6 Å². The molecule has 0 bridgehead atoms. The van der Waals surface area contributed by atoms with E-state index in [4.69, 9.17) is 0 Å². The third-order valence-corrected chi connectivity index (χ3v) is 4.53. The molecule has 0 amide bonds. The first kappa shape index (κ1) is 16.9. The summed E-state index contributed by atoms with van der Waals surface area (Å²) in [7, 11) is 0. The van der Waals surface area contributed by atoms with E-state index in [0.717, 1.165) is 31.8 Å². The van der Waals surface area contributed by atoms with Gasteiger partial charge >= 0.3 is 0 Å². The molecule has 1 aliphatic rings. The van der Waals surface area contributed by atoms with Gasteiger partial charge in [-0.05, 0) is 36.2 Å². The second-order valence-electron chi connectivity index (χ2n) is 6.16. The van der Waals surface area contributed by atoms with Crippen LogP contribution in [-0.4, -0.2) is 38.9 Å². The van der Waals surface area contributed by atoms with Crippen LogP contribution in [0.15, 0.2) is 49.1 Å². The van der Waals surface area contributed by atoms with Crippen LogP contribution in [0.3, 0.4) is 0 Å². The van der Waals surface area contributed by atoms with Crippen LogP contribution >= 0.6 is 12.4 Å². The number of halogens is 1. The molecule has 4 rings (SSSR count). The lowest BCUT2D eigenvalue weighted by atomic mass is 10.1. The van der Waals surface area contributed by atoms with E-state index in [1.165, 1.54) is 16.8 Å². The lowest BCUT2D eigenvalue weighted by Crippen LogP contribution is -2.45. The molecule has 3 aromatic rings. The van der Waals surface area contributed by atoms with Crippen molar-refractivity contribution < 1.29 is 0 Å². The smallest absolute Gasteiger partial charge is 0.137 e. The summed E-state index contributed by atoms with van der Waals surface area (Å²) in [6.45, 7) is 6.00. The number of pyridine rings is 2. The zero-order chi connectivity index (χ0) is 15.6. The Morgan fingerprint density at radius 3 is 3.04 bits per heavy atom. The molecule has 126 valence electrons. The summed E-state index contributed by atoms with van der Waals surface area (Å²) >= 11 is 0. The summed E-state index contributed by atoms with van der Waals surface area (Å²) in [5, 5.41) is 3.50. The van der Waals surface area contributed by atoms with E-state index < -0.39 is 0 Å². The van der Waals surface area contributed by atoms with Gasteiger partial charge in [-0.3, -0.25) is 9.88 Å². The summed E-state index contributed by atoms with van der Waals surface area (Å²) in [5.41, 5.74) is 4.76. The largest absolute Gasteiger partial charge is 0.314 e. The molecule has 0 aromatic carbocycles. The third-order valence-electron chi connectivity index (χ3n) is 4.53. The van der Waals surface area contributed by atoms with Gasteiger partial charge in [0.25, 0.3) is 0 Å². The predicted octanol–water partition coefficient (Wildman–Crippen LogP) is 2.61. The number of aryl methyl sites for hydroxylation is 1. The van der Waals surface area contributed by atoms with E-state index in [1.807, 2.05) is 24.7 Å². The number of hydrogen-bond acceptors (Lipinski definition) is 4. The second kappa shape index (κ2) is 7.30. The number of imidazole rings is 1. The number of fused-ring (bicyclic) bond motifs is 1. The van der Waals surface area contributed by atoms with Gasteiger partial charge in [0.2, 0.25) is 0 Å². The van der Waals surface area contributed by atoms with Crippen molar-refractivity contribution in [3.8, 4) is 0 Å². The van der Waals surface area contributed by atoms with Gasteiger partial charge in [0.1, 0.15) is 5.65 Å². The molecule has 1 unspecified atom stereocenters. The summed E-state index contributed by atoms with van der Waals surface area (Å²) < 4.78 is 2.19. The van der Waals surface area contributed by atoms with Crippen molar-refractivity contribution in [1.82, 2.24) is 24.6 Å². The molecule has 1 atom stereocenters. The monoisotopic (exact) mass is 343 g/mol. The highest BCUT2D eigenvalue weighted by Crippen LogP contribution is 2.23. The number of piperazine rings is 1. The minimum atomic E-state index is 0. The van der Waals surface area contributed by atoms with Gasteiger partial charge in [-0.25, -0.2) is 4.98 Å². The maximum Gasteiger partial charge on any atom is 0.137 e. The van der Waals surface area contributed by atoms with Gasteiger partial charge in [0.15, 0.2) is 0 Å². The van der Waals surface area contributed by atoms with Gasteiger partial charge < -0.3 is 9.72 Å². The van der Waals surface area contributed by atoms with E-state index in [0.29, 0.717) is 6.04 Å². The lowest BCUT2D eigenvalue weighted by molar-refractivity contribution is 0.151. The highest BCUT2D eigenvalue weighted by Gasteiger charge is 2.24. The predicted molar refractivity (Wildman–Crippen MR) is 97.4 cm³/mol. The molecule has 0 spiro atoms. The van der Waals surface area contributed by atoms with Crippen LogP contribution in [0.5, 0.6) is 0 Å². The fourth-order valence-corrected chi connectivity index (χ4v) is 3.30. The zero-order valence-electron chi connectivity index (χ0n) is 13.7. The highest BCUT2D eigenvalue weighted by molar-refractivity contribution is 5.85. The van der Waals surface area contributed by atoms with Crippen molar-refractivity contribution in [1.29, 1.82) is 0 Å². The number of aromatic nitrogens is 3. The van der Waals surface area contributed by atoms with Crippen molar-refractivity contribution in [3.63, 3.8) is 0 Å². The minimum absolute atomic E-state index is 0. The van der Waals surface area contributed by atoms with E-state index in [2.05, 4.69) is 55.9 Å². The molecule has 0 aliphatic carbocycles. The quantitative estimate of drug-likeness (QED) is 0.794. The molecule has 0 radical (unpaired) electrons. The normalized spacial score (nSPS) is 18.5. The van der Waals surface area contributed by atoms with Gasteiger partial charge in [0, 0.05) is 50.8 Å². The first-order valence-electron chi connectivity index (χ1n) is 8.08. The summed E-state index contributed by atoms with van der Waals surface area (Å²) in [6.07, 6.45) is 7.92. The number of nitrogens with one attached hydrogen (secondary N) is 1. The molecule has 1 saturated heterocycles. The van der Waals surface area contributed by atoms with Crippen LogP contribution in [0, 0.1) is 6.92 Å². The Balaban J connectivity index is 0.00000169. The molecule has 6 heteroatoms. The van der Waals surface area contributed by atoms with E-state index in [-0.39, 0.29) is 12.4 Å². The van der Waals surface area contributed by atoms with Crippen LogP contribution in [0.1, 0.15) is 22.9 Å².